The van der Waals surface area contributed by atoms with Crippen molar-refractivity contribution in [2.24, 2.45) is 10.9 Å². The molecule has 1 unspecified atom stereocenters. The van der Waals surface area contributed by atoms with E-state index in [1.165, 1.54) is 0 Å². The van der Waals surface area contributed by atoms with Gasteiger partial charge in [0.25, 0.3) is 0 Å². The summed E-state index contributed by atoms with van der Waals surface area (Å²) in [7, 11) is 3.43. The largest absolute Gasteiger partial charge is 0.493 e. The number of guanidine groups is 1. The summed E-state index contributed by atoms with van der Waals surface area (Å²) in [6.07, 6.45) is 1.21. The van der Waals surface area contributed by atoms with Gasteiger partial charge in [0.05, 0.1) is 19.8 Å². The molecule has 27 heavy (non-hydrogen) atoms. The zero-order valence-corrected chi connectivity index (χ0v) is 19.8. The summed E-state index contributed by atoms with van der Waals surface area (Å²) in [5, 5.41) is 6.67. The molecule has 7 heteroatoms. The van der Waals surface area contributed by atoms with Gasteiger partial charge in [0, 0.05) is 26.7 Å². The standard InChI is InChI=1S/C20H35N3O3.HI/c1-7-25-17(15(3)4)11-12-22-20(21-5)23-14-16-9-10-18(26-8-2)19(13-16)24-6;/h9-10,13,15,17H,7-8,11-12,14H2,1-6H3,(H2,21,22,23);1H. The van der Waals surface area contributed by atoms with E-state index in [1.54, 1.807) is 14.2 Å². The van der Waals surface area contributed by atoms with E-state index < -0.39 is 0 Å². The predicted molar refractivity (Wildman–Crippen MR) is 123 cm³/mol. The zero-order chi connectivity index (χ0) is 19.4. The number of nitrogens with zero attached hydrogens (tertiary/aromatic N) is 1. The molecule has 0 spiro atoms. The molecule has 1 rings (SSSR count). The van der Waals surface area contributed by atoms with Gasteiger partial charge in [0.1, 0.15) is 0 Å². The molecule has 0 bridgehead atoms. The Kier molecular flexibility index (Phi) is 14.1. The van der Waals surface area contributed by atoms with Crippen LogP contribution >= 0.6 is 24.0 Å². The molecule has 0 aliphatic rings. The minimum absolute atomic E-state index is 0. The Bertz CT molecular complexity index is 553. The van der Waals surface area contributed by atoms with Crippen molar-refractivity contribution in [2.75, 3.05) is 33.9 Å². The van der Waals surface area contributed by atoms with Crippen molar-refractivity contribution < 1.29 is 14.2 Å². The van der Waals surface area contributed by atoms with Gasteiger partial charge in [-0.05, 0) is 43.9 Å². The molecule has 0 fully saturated rings. The minimum atomic E-state index is 0. The maximum atomic E-state index is 5.78. The Hall–Kier alpha value is -1.22. The Morgan fingerprint density at radius 2 is 1.85 bits per heavy atom. The number of rotatable bonds is 11. The van der Waals surface area contributed by atoms with Crippen LogP contribution in [0.3, 0.4) is 0 Å². The number of hydrogen-bond donors (Lipinski definition) is 2. The number of benzene rings is 1. The quantitative estimate of drug-likeness (QED) is 0.279. The SMILES string of the molecule is CCOc1ccc(CNC(=NC)NCCC(OCC)C(C)C)cc1OC.I. The van der Waals surface area contributed by atoms with Crippen molar-refractivity contribution in [3.8, 4) is 11.5 Å². The molecule has 0 aliphatic carbocycles. The van der Waals surface area contributed by atoms with E-state index >= 15 is 0 Å². The first-order valence-electron chi connectivity index (χ1n) is 9.41. The second-order valence-electron chi connectivity index (χ2n) is 6.30. The lowest BCUT2D eigenvalue weighted by molar-refractivity contribution is 0.0258. The van der Waals surface area contributed by atoms with Crippen molar-refractivity contribution in [2.45, 2.75) is 46.8 Å². The summed E-state index contributed by atoms with van der Waals surface area (Å²) in [5.41, 5.74) is 1.10. The van der Waals surface area contributed by atoms with Crippen molar-refractivity contribution >= 4 is 29.9 Å². The van der Waals surface area contributed by atoms with E-state index in [0.29, 0.717) is 19.1 Å². The molecule has 0 saturated carbocycles. The average molecular weight is 493 g/mol. The molecule has 0 aromatic heterocycles. The lowest BCUT2D eigenvalue weighted by Gasteiger charge is -2.21. The smallest absolute Gasteiger partial charge is 0.191 e. The van der Waals surface area contributed by atoms with E-state index in [4.69, 9.17) is 14.2 Å². The molecule has 1 aromatic carbocycles. The second-order valence-corrected chi connectivity index (χ2v) is 6.30. The van der Waals surface area contributed by atoms with Crippen LogP contribution in [0.5, 0.6) is 11.5 Å². The predicted octanol–water partition coefficient (Wildman–Crippen LogP) is 3.83. The number of ether oxygens (including phenoxy) is 3. The van der Waals surface area contributed by atoms with Crippen molar-refractivity contribution in [1.82, 2.24) is 10.6 Å². The molecule has 6 nitrogen and oxygen atoms in total. The molecular formula is C20H36IN3O3. The average Bonchev–Trinajstić information content (AvgIpc) is 2.64. The zero-order valence-electron chi connectivity index (χ0n) is 17.5. The van der Waals surface area contributed by atoms with Gasteiger partial charge in [-0.1, -0.05) is 19.9 Å². The van der Waals surface area contributed by atoms with Crippen LogP contribution in [-0.4, -0.2) is 46.0 Å². The van der Waals surface area contributed by atoms with E-state index in [1.807, 2.05) is 32.0 Å². The Labute approximate surface area is 181 Å². The van der Waals surface area contributed by atoms with Crippen LogP contribution in [-0.2, 0) is 11.3 Å². The van der Waals surface area contributed by atoms with Crippen LogP contribution in [0.15, 0.2) is 23.2 Å². The number of nitrogens with one attached hydrogen (secondary N) is 2. The van der Waals surface area contributed by atoms with Gasteiger partial charge in [0.15, 0.2) is 17.5 Å². The van der Waals surface area contributed by atoms with Gasteiger partial charge in [-0.3, -0.25) is 4.99 Å². The lowest BCUT2D eigenvalue weighted by atomic mass is 10.0. The van der Waals surface area contributed by atoms with Crippen LogP contribution in [0.25, 0.3) is 0 Å². The van der Waals surface area contributed by atoms with Gasteiger partial charge in [-0.25, -0.2) is 0 Å². The maximum absolute atomic E-state index is 5.78. The summed E-state index contributed by atoms with van der Waals surface area (Å²) in [6, 6.07) is 5.94. The first-order valence-corrected chi connectivity index (χ1v) is 9.41. The Morgan fingerprint density at radius 3 is 2.41 bits per heavy atom. The number of hydrogen-bond acceptors (Lipinski definition) is 4. The highest BCUT2D eigenvalue weighted by Crippen LogP contribution is 2.27. The molecule has 156 valence electrons. The third-order valence-electron chi connectivity index (χ3n) is 4.06. The molecule has 0 radical (unpaired) electrons. The van der Waals surface area contributed by atoms with E-state index in [2.05, 4.69) is 29.5 Å². The van der Waals surface area contributed by atoms with Crippen molar-refractivity contribution in [1.29, 1.82) is 0 Å². The highest BCUT2D eigenvalue weighted by molar-refractivity contribution is 14.0. The molecular weight excluding hydrogens is 457 g/mol. The fourth-order valence-corrected chi connectivity index (χ4v) is 2.66. The molecule has 1 atom stereocenters. The summed E-state index contributed by atoms with van der Waals surface area (Å²) in [6.45, 7) is 11.2. The van der Waals surface area contributed by atoms with E-state index in [0.717, 1.165) is 42.6 Å². The maximum Gasteiger partial charge on any atom is 0.191 e. The fraction of sp³-hybridized carbons (Fsp3) is 0.650. The third kappa shape index (κ3) is 9.51. The van der Waals surface area contributed by atoms with Crippen LogP contribution in [0.1, 0.15) is 39.7 Å². The summed E-state index contributed by atoms with van der Waals surface area (Å²) in [5.74, 6) is 2.78. The van der Waals surface area contributed by atoms with Crippen LogP contribution < -0.4 is 20.1 Å². The first-order chi connectivity index (χ1) is 12.5. The van der Waals surface area contributed by atoms with Crippen LogP contribution in [0.2, 0.25) is 0 Å². The van der Waals surface area contributed by atoms with E-state index in [-0.39, 0.29) is 30.1 Å². The van der Waals surface area contributed by atoms with Gasteiger partial charge >= 0.3 is 0 Å². The van der Waals surface area contributed by atoms with E-state index in [9.17, 15) is 0 Å². The van der Waals surface area contributed by atoms with Gasteiger partial charge in [-0.15, -0.1) is 24.0 Å². The summed E-state index contributed by atoms with van der Waals surface area (Å²) >= 11 is 0. The van der Waals surface area contributed by atoms with Gasteiger partial charge < -0.3 is 24.8 Å². The third-order valence-corrected chi connectivity index (χ3v) is 4.06. The lowest BCUT2D eigenvalue weighted by Crippen LogP contribution is -2.38. The summed E-state index contributed by atoms with van der Waals surface area (Å²) in [4.78, 5) is 4.28. The molecule has 1 aromatic rings. The number of halogens is 1. The van der Waals surface area contributed by atoms with Crippen LogP contribution in [0, 0.1) is 5.92 Å². The fourth-order valence-electron chi connectivity index (χ4n) is 2.66. The second kappa shape index (κ2) is 14.8. The molecule has 0 amide bonds. The van der Waals surface area contributed by atoms with Crippen LogP contribution in [0.4, 0.5) is 0 Å². The molecule has 0 heterocycles. The highest BCUT2D eigenvalue weighted by Gasteiger charge is 2.13. The molecule has 0 saturated heterocycles. The number of methoxy groups -OCH3 is 1. The topological polar surface area (TPSA) is 64.1 Å². The number of aliphatic imine (C=N–C) groups is 1. The monoisotopic (exact) mass is 493 g/mol. The minimum Gasteiger partial charge on any atom is -0.493 e. The van der Waals surface area contributed by atoms with Gasteiger partial charge in [0.2, 0.25) is 0 Å². The van der Waals surface area contributed by atoms with Gasteiger partial charge in [-0.2, -0.15) is 0 Å². The first kappa shape index (κ1) is 25.8. The van der Waals surface area contributed by atoms with Crippen molar-refractivity contribution in [3.63, 3.8) is 0 Å². The highest BCUT2D eigenvalue weighted by atomic mass is 127. The van der Waals surface area contributed by atoms with Crippen molar-refractivity contribution in [3.05, 3.63) is 23.8 Å². The molecule has 2 N–H and O–H groups in total. The molecule has 0 aliphatic heterocycles. The normalized spacial score (nSPS) is 12.3. The Balaban J connectivity index is 0.00000676. The summed E-state index contributed by atoms with van der Waals surface area (Å²) < 4.78 is 16.7. The Morgan fingerprint density at radius 1 is 1.11 bits per heavy atom.